The molecule has 1 unspecified atom stereocenters. The normalized spacial score (nSPS) is 13.2. The SMILES string of the molecule is CCOC(=O)c1c(NC(=O)C(C)Sc2nnc(CNC(=O)c3ccco3)n2-c2ccccc2OC)sc2c1CCCC2. The van der Waals surface area contributed by atoms with Crippen molar-refractivity contribution in [3.63, 3.8) is 0 Å². The highest BCUT2D eigenvalue weighted by molar-refractivity contribution is 8.00. The molecule has 220 valence electrons. The lowest BCUT2D eigenvalue weighted by atomic mass is 9.95. The number of carbonyl (C=O) groups is 3. The van der Waals surface area contributed by atoms with Crippen molar-refractivity contribution in [2.45, 2.75) is 56.5 Å². The molecule has 0 saturated heterocycles. The number of ether oxygens (including phenoxy) is 2. The van der Waals surface area contributed by atoms with Gasteiger partial charge in [0, 0.05) is 4.88 Å². The van der Waals surface area contributed by atoms with Gasteiger partial charge in [-0.1, -0.05) is 23.9 Å². The van der Waals surface area contributed by atoms with E-state index in [1.165, 1.54) is 29.4 Å². The van der Waals surface area contributed by atoms with E-state index in [1.54, 1.807) is 43.7 Å². The Morgan fingerprint density at radius 2 is 1.95 bits per heavy atom. The summed E-state index contributed by atoms with van der Waals surface area (Å²) in [4.78, 5) is 39.9. The van der Waals surface area contributed by atoms with Crippen LogP contribution in [-0.2, 0) is 28.9 Å². The first-order chi connectivity index (χ1) is 20.4. The minimum Gasteiger partial charge on any atom is -0.495 e. The standard InChI is InChI=1S/C29H31N5O6S2/c1-4-39-28(37)24-18-10-5-8-14-22(18)42-27(24)31-25(35)17(2)41-29-33-32-23(16-30-26(36)21-13-9-15-40-21)34(29)19-11-6-7-12-20(19)38-3/h6-7,9,11-13,15,17H,4-5,8,10,14,16H2,1-3H3,(H,30,36)(H,31,35). The summed E-state index contributed by atoms with van der Waals surface area (Å²) < 4.78 is 17.8. The average molecular weight is 610 g/mol. The molecule has 1 aromatic carbocycles. The minimum atomic E-state index is -0.609. The van der Waals surface area contributed by atoms with E-state index in [-0.39, 0.29) is 24.8 Å². The Kier molecular flexibility index (Phi) is 9.28. The van der Waals surface area contributed by atoms with Crippen molar-refractivity contribution in [2.75, 3.05) is 19.0 Å². The Morgan fingerprint density at radius 3 is 2.71 bits per heavy atom. The number of aryl methyl sites for hydroxylation is 1. The number of para-hydroxylation sites is 2. The van der Waals surface area contributed by atoms with Gasteiger partial charge in [-0.3, -0.25) is 14.2 Å². The third-order valence-corrected chi connectivity index (χ3v) is 8.97. The fourth-order valence-corrected chi connectivity index (χ4v) is 6.86. The highest BCUT2D eigenvalue weighted by Gasteiger charge is 2.29. The lowest BCUT2D eigenvalue weighted by Crippen LogP contribution is -2.25. The molecule has 2 amide bonds. The Hall–Kier alpha value is -4.10. The Bertz CT molecular complexity index is 1580. The van der Waals surface area contributed by atoms with Crippen LogP contribution in [-0.4, -0.2) is 51.5 Å². The number of hydrogen-bond donors (Lipinski definition) is 2. The van der Waals surface area contributed by atoms with Gasteiger partial charge in [0.2, 0.25) is 5.91 Å². The van der Waals surface area contributed by atoms with Crippen LogP contribution in [0, 0.1) is 0 Å². The predicted molar refractivity (Wildman–Crippen MR) is 159 cm³/mol. The number of thiophene rings is 1. The number of furan rings is 1. The van der Waals surface area contributed by atoms with Crippen LogP contribution in [0.15, 0.2) is 52.2 Å². The second kappa shape index (κ2) is 13.3. The van der Waals surface area contributed by atoms with Gasteiger partial charge in [-0.2, -0.15) is 0 Å². The zero-order chi connectivity index (χ0) is 29.6. The van der Waals surface area contributed by atoms with E-state index >= 15 is 0 Å². The number of nitrogens with zero attached hydrogens (tertiary/aromatic N) is 3. The third kappa shape index (κ3) is 6.21. The molecule has 0 spiro atoms. The number of carbonyl (C=O) groups excluding carboxylic acids is 3. The van der Waals surface area contributed by atoms with Gasteiger partial charge in [0.05, 0.1) is 43.0 Å². The van der Waals surface area contributed by atoms with Crippen LogP contribution in [0.3, 0.4) is 0 Å². The maximum Gasteiger partial charge on any atom is 0.341 e. The average Bonchev–Trinajstić information content (AvgIpc) is 3.75. The van der Waals surface area contributed by atoms with Crippen molar-refractivity contribution in [3.8, 4) is 11.4 Å². The van der Waals surface area contributed by atoms with E-state index in [9.17, 15) is 14.4 Å². The number of nitrogens with one attached hydrogen (secondary N) is 2. The van der Waals surface area contributed by atoms with Crippen LogP contribution in [0.1, 0.15) is 63.9 Å². The van der Waals surface area contributed by atoms with Crippen LogP contribution in [0.2, 0.25) is 0 Å². The molecule has 1 atom stereocenters. The van der Waals surface area contributed by atoms with E-state index in [4.69, 9.17) is 13.9 Å². The van der Waals surface area contributed by atoms with Crippen molar-refractivity contribution in [3.05, 3.63) is 70.3 Å². The zero-order valence-electron chi connectivity index (χ0n) is 23.5. The van der Waals surface area contributed by atoms with Gasteiger partial charge in [0.25, 0.3) is 5.91 Å². The molecule has 42 heavy (non-hydrogen) atoms. The van der Waals surface area contributed by atoms with Crippen LogP contribution in [0.5, 0.6) is 5.75 Å². The molecule has 1 aliphatic carbocycles. The molecule has 1 aliphatic rings. The number of amides is 2. The van der Waals surface area contributed by atoms with Crippen molar-refractivity contribution < 1.29 is 28.3 Å². The largest absolute Gasteiger partial charge is 0.495 e. The molecule has 3 heterocycles. The predicted octanol–water partition coefficient (Wildman–Crippen LogP) is 5.04. The van der Waals surface area contributed by atoms with Crippen LogP contribution >= 0.6 is 23.1 Å². The molecule has 0 aliphatic heterocycles. The molecule has 0 fully saturated rings. The first kappa shape index (κ1) is 29.4. The fraction of sp³-hybridized carbons (Fsp3) is 0.345. The van der Waals surface area contributed by atoms with Crippen molar-refractivity contribution in [1.29, 1.82) is 0 Å². The molecule has 11 nitrogen and oxygen atoms in total. The lowest BCUT2D eigenvalue weighted by molar-refractivity contribution is -0.115. The van der Waals surface area contributed by atoms with Crippen LogP contribution in [0.25, 0.3) is 5.69 Å². The van der Waals surface area contributed by atoms with Crippen LogP contribution < -0.4 is 15.4 Å². The summed E-state index contributed by atoms with van der Waals surface area (Å²) in [5, 5.41) is 14.8. The highest BCUT2D eigenvalue weighted by Crippen LogP contribution is 2.39. The Morgan fingerprint density at radius 1 is 1.14 bits per heavy atom. The summed E-state index contributed by atoms with van der Waals surface area (Å²) in [6, 6.07) is 10.5. The number of thioether (sulfide) groups is 1. The van der Waals surface area contributed by atoms with Gasteiger partial charge in [-0.05, 0) is 69.4 Å². The van der Waals surface area contributed by atoms with Gasteiger partial charge in [0.15, 0.2) is 16.7 Å². The third-order valence-electron chi connectivity index (χ3n) is 6.72. The van der Waals surface area contributed by atoms with Crippen molar-refractivity contribution >= 4 is 45.9 Å². The molecular weight excluding hydrogens is 578 g/mol. The molecule has 5 rings (SSSR count). The number of aromatic nitrogens is 3. The molecule has 0 saturated carbocycles. The second-order valence-electron chi connectivity index (χ2n) is 9.45. The van der Waals surface area contributed by atoms with Gasteiger partial charge in [0.1, 0.15) is 10.8 Å². The van der Waals surface area contributed by atoms with Crippen LogP contribution in [0.4, 0.5) is 5.00 Å². The fourth-order valence-electron chi connectivity index (χ4n) is 4.70. The second-order valence-corrected chi connectivity index (χ2v) is 11.9. The summed E-state index contributed by atoms with van der Waals surface area (Å²) in [6.45, 7) is 3.83. The molecule has 2 N–H and O–H groups in total. The molecule has 4 aromatic rings. The first-order valence-electron chi connectivity index (χ1n) is 13.6. The smallest absolute Gasteiger partial charge is 0.341 e. The maximum atomic E-state index is 13.5. The van der Waals surface area contributed by atoms with E-state index in [0.717, 1.165) is 36.1 Å². The van der Waals surface area contributed by atoms with E-state index in [2.05, 4.69) is 20.8 Å². The molecular formula is C29H31N5O6S2. The summed E-state index contributed by atoms with van der Waals surface area (Å²) in [5.41, 5.74) is 2.10. The number of benzene rings is 1. The number of fused-ring (bicyclic) bond motifs is 1. The van der Waals surface area contributed by atoms with Gasteiger partial charge < -0.3 is 24.5 Å². The number of hydrogen-bond acceptors (Lipinski definition) is 10. The van der Waals surface area contributed by atoms with Crippen molar-refractivity contribution in [2.24, 2.45) is 0 Å². The number of anilines is 1. The molecule has 0 radical (unpaired) electrons. The summed E-state index contributed by atoms with van der Waals surface area (Å²) in [7, 11) is 1.56. The van der Waals surface area contributed by atoms with Crippen molar-refractivity contribution in [1.82, 2.24) is 20.1 Å². The molecule has 3 aromatic heterocycles. The van der Waals surface area contributed by atoms with E-state index in [0.29, 0.717) is 33.0 Å². The molecule has 0 bridgehead atoms. The summed E-state index contributed by atoms with van der Waals surface area (Å²) in [6.07, 6.45) is 5.15. The molecule has 13 heteroatoms. The minimum absolute atomic E-state index is 0.0510. The summed E-state index contributed by atoms with van der Waals surface area (Å²) >= 11 is 2.65. The topological polar surface area (TPSA) is 138 Å². The van der Waals surface area contributed by atoms with E-state index < -0.39 is 17.1 Å². The van der Waals surface area contributed by atoms with Gasteiger partial charge >= 0.3 is 5.97 Å². The monoisotopic (exact) mass is 609 g/mol. The number of esters is 1. The highest BCUT2D eigenvalue weighted by atomic mass is 32.2. The van der Waals surface area contributed by atoms with Gasteiger partial charge in [-0.25, -0.2) is 4.79 Å². The van der Waals surface area contributed by atoms with E-state index in [1.807, 2.05) is 18.2 Å². The maximum absolute atomic E-state index is 13.5. The summed E-state index contributed by atoms with van der Waals surface area (Å²) in [5.74, 6) is 0.0856. The number of rotatable bonds is 11. The number of methoxy groups -OCH3 is 1. The lowest BCUT2D eigenvalue weighted by Gasteiger charge is -2.16. The quantitative estimate of drug-likeness (QED) is 0.177. The first-order valence-corrected chi connectivity index (χ1v) is 15.3. The zero-order valence-corrected chi connectivity index (χ0v) is 25.1. The Balaban J connectivity index is 1.39. The van der Waals surface area contributed by atoms with Gasteiger partial charge in [-0.15, -0.1) is 21.5 Å². The Labute approximate surface area is 251 Å².